The number of benzene rings is 1. The first-order valence-electron chi connectivity index (χ1n) is 6.23. The number of nitrogens with two attached hydrogens (primary N) is 1. The van der Waals surface area contributed by atoms with Gasteiger partial charge in [0.25, 0.3) is 0 Å². The molecule has 3 N–H and O–H groups in total. The Morgan fingerprint density at radius 1 is 1.26 bits per heavy atom. The summed E-state index contributed by atoms with van der Waals surface area (Å²) in [5, 5.41) is 3.48. The van der Waals surface area contributed by atoms with E-state index in [0.717, 1.165) is 13.0 Å². The summed E-state index contributed by atoms with van der Waals surface area (Å²) in [6, 6.07) is 10.4. The van der Waals surface area contributed by atoms with Crippen LogP contribution in [0.4, 0.5) is 11.5 Å². The SMILES string of the molecule is CC(CCNc1ncnc(Cl)c1N)c1ccccc1. The van der Waals surface area contributed by atoms with Crippen LogP contribution in [0.25, 0.3) is 0 Å². The van der Waals surface area contributed by atoms with Gasteiger partial charge in [0.2, 0.25) is 0 Å². The van der Waals surface area contributed by atoms with Gasteiger partial charge in [0.05, 0.1) is 0 Å². The molecule has 1 aromatic heterocycles. The number of hydrogen-bond donors (Lipinski definition) is 2. The van der Waals surface area contributed by atoms with Crippen LogP contribution in [0.3, 0.4) is 0 Å². The highest BCUT2D eigenvalue weighted by Crippen LogP contribution is 2.23. The van der Waals surface area contributed by atoms with E-state index < -0.39 is 0 Å². The molecule has 0 radical (unpaired) electrons. The number of rotatable bonds is 5. The van der Waals surface area contributed by atoms with Gasteiger partial charge in [0, 0.05) is 6.54 Å². The molecular weight excluding hydrogens is 260 g/mol. The lowest BCUT2D eigenvalue weighted by Crippen LogP contribution is -2.09. The van der Waals surface area contributed by atoms with Gasteiger partial charge >= 0.3 is 0 Å². The zero-order valence-electron chi connectivity index (χ0n) is 10.8. The largest absolute Gasteiger partial charge is 0.393 e. The molecule has 0 saturated heterocycles. The molecule has 0 aliphatic rings. The van der Waals surface area contributed by atoms with E-state index in [9.17, 15) is 0 Å². The smallest absolute Gasteiger partial charge is 0.157 e. The lowest BCUT2D eigenvalue weighted by molar-refractivity contribution is 0.705. The summed E-state index contributed by atoms with van der Waals surface area (Å²) >= 11 is 5.84. The van der Waals surface area contributed by atoms with E-state index in [2.05, 4.69) is 46.5 Å². The third-order valence-corrected chi connectivity index (χ3v) is 3.37. The number of hydrogen-bond acceptors (Lipinski definition) is 4. The third kappa shape index (κ3) is 3.58. The third-order valence-electron chi connectivity index (χ3n) is 3.07. The van der Waals surface area contributed by atoms with Crippen LogP contribution < -0.4 is 11.1 Å². The molecule has 0 spiro atoms. The second-order valence-corrected chi connectivity index (χ2v) is 4.81. The summed E-state index contributed by atoms with van der Waals surface area (Å²) in [7, 11) is 0. The standard InChI is InChI=1S/C14H17ClN4/c1-10(11-5-3-2-4-6-11)7-8-17-14-12(16)13(15)18-9-19-14/h2-6,9-10H,7-8,16H2,1H3,(H,17,18,19). The number of anilines is 2. The van der Waals surface area contributed by atoms with E-state index >= 15 is 0 Å². The summed E-state index contributed by atoms with van der Waals surface area (Å²) in [4.78, 5) is 7.90. The molecule has 1 aromatic carbocycles. The molecule has 4 nitrogen and oxygen atoms in total. The van der Waals surface area contributed by atoms with Gasteiger partial charge in [-0.1, -0.05) is 48.9 Å². The Bertz CT molecular complexity index is 530. The van der Waals surface area contributed by atoms with Crippen LogP contribution in [0.5, 0.6) is 0 Å². The van der Waals surface area contributed by atoms with E-state index in [1.165, 1.54) is 11.9 Å². The van der Waals surface area contributed by atoms with Crippen molar-refractivity contribution in [2.75, 3.05) is 17.6 Å². The van der Waals surface area contributed by atoms with Gasteiger partial charge in [-0.25, -0.2) is 9.97 Å². The van der Waals surface area contributed by atoms with E-state index in [1.807, 2.05) is 6.07 Å². The monoisotopic (exact) mass is 276 g/mol. The van der Waals surface area contributed by atoms with E-state index in [0.29, 0.717) is 17.4 Å². The molecule has 0 aliphatic heterocycles. The molecule has 2 aromatic rings. The van der Waals surface area contributed by atoms with Gasteiger partial charge in [-0.2, -0.15) is 0 Å². The van der Waals surface area contributed by atoms with Crippen molar-refractivity contribution in [1.82, 2.24) is 9.97 Å². The Labute approximate surface area is 118 Å². The summed E-state index contributed by atoms with van der Waals surface area (Å²) in [6.45, 7) is 2.99. The highest BCUT2D eigenvalue weighted by Gasteiger charge is 2.07. The molecule has 2 rings (SSSR count). The topological polar surface area (TPSA) is 63.8 Å². The summed E-state index contributed by atoms with van der Waals surface area (Å²) < 4.78 is 0. The lowest BCUT2D eigenvalue weighted by atomic mass is 9.98. The minimum Gasteiger partial charge on any atom is -0.393 e. The Balaban J connectivity index is 1.88. The van der Waals surface area contributed by atoms with Crippen molar-refractivity contribution in [1.29, 1.82) is 0 Å². The number of nitrogens with one attached hydrogen (secondary N) is 1. The maximum absolute atomic E-state index is 5.84. The van der Waals surface area contributed by atoms with Crippen LogP contribution >= 0.6 is 11.6 Å². The average Bonchev–Trinajstić information content (AvgIpc) is 2.44. The molecule has 0 aliphatic carbocycles. The average molecular weight is 277 g/mol. The number of aromatic nitrogens is 2. The lowest BCUT2D eigenvalue weighted by Gasteiger charge is -2.13. The normalized spacial score (nSPS) is 12.1. The summed E-state index contributed by atoms with van der Waals surface area (Å²) in [5.41, 5.74) is 7.52. The first-order valence-corrected chi connectivity index (χ1v) is 6.61. The Kier molecular flexibility index (Phi) is 4.58. The van der Waals surface area contributed by atoms with Crippen molar-refractivity contribution in [2.24, 2.45) is 0 Å². The Morgan fingerprint density at radius 3 is 2.74 bits per heavy atom. The molecule has 100 valence electrons. The van der Waals surface area contributed by atoms with Crippen molar-refractivity contribution in [3.63, 3.8) is 0 Å². The van der Waals surface area contributed by atoms with Crippen LogP contribution in [-0.2, 0) is 0 Å². The summed E-state index contributed by atoms with van der Waals surface area (Å²) in [5.74, 6) is 1.08. The fraction of sp³-hybridized carbons (Fsp3) is 0.286. The van der Waals surface area contributed by atoms with Crippen molar-refractivity contribution < 1.29 is 0 Å². The zero-order valence-corrected chi connectivity index (χ0v) is 11.6. The minimum atomic E-state index is 0.286. The van der Waals surface area contributed by atoms with Crippen molar-refractivity contribution in [3.05, 3.63) is 47.4 Å². The van der Waals surface area contributed by atoms with Crippen LogP contribution in [0, 0.1) is 0 Å². The quantitative estimate of drug-likeness (QED) is 0.823. The molecule has 1 atom stereocenters. The first-order chi connectivity index (χ1) is 9.18. The Hall–Kier alpha value is -1.81. The van der Waals surface area contributed by atoms with Crippen LogP contribution in [-0.4, -0.2) is 16.5 Å². The van der Waals surface area contributed by atoms with Gasteiger partial charge in [0.15, 0.2) is 11.0 Å². The molecule has 5 heteroatoms. The van der Waals surface area contributed by atoms with Gasteiger partial charge in [-0.3, -0.25) is 0 Å². The molecule has 0 amide bonds. The maximum Gasteiger partial charge on any atom is 0.157 e. The second kappa shape index (κ2) is 6.38. The minimum absolute atomic E-state index is 0.286. The first kappa shape index (κ1) is 13.6. The van der Waals surface area contributed by atoms with E-state index in [1.54, 1.807) is 0 Å². The van der Waals surface area contributed by atoms with Gasteiger partial charge in [-0.15, -0.1) is 0 Å². The van der Waals surface area contributed by atoms with Crippen LogP contribution in [0.2, 0.25) is 5.15 Å². The van der Waals surface area contributed by atoms with E-state index in [4.69, 9.17) is 17.3 Å². The zero-order chi connectivity index (χ0) is 13.7. The van der Waals surface area contributed by atoms with Crippen LogP contribution in [0.15, 0.2) is 36.7 Å². The molecule has 0 bridgehead atoms. The number of halogens is 1. The molecule has 1 unspecified atom stereocenters. The molecule has 19 heavy (non-hydrogen) atoms. The van der Waals surface area contributed by atoms with E-state index in [-0.39, 0.29) is 5.15 Å². The molecule has 0 fully saturated rings. The predicted molar refractivity (Wildman–Crippen MR) is 79.4 cm³/mol. The fourth-order valence-corrected chi connectivity index (χ4v) is 2.00. The number of nitrogen functional groups attached to an aromatic ring is 1. The molecule has 1 heterocycles. The summed E-state index contributed by atoms with van der Waals surface area (Å²) in [6.07, 6.45) is 2.40. The van der Waals surface area contributed by atoms with Gasteiger partial charge in [0.1, 0.15) is 12.0 Å². The maximum atomic E-state index is 5.84. The van der Waals surface area contributed by atoms with Gasteiger partial charge < -0.3 is 11.1 Å². The second-order valence-electron chi connectivity index (χ2n) is 4.45. The highest BCUT2D eigenvalue weighted by molar-refractivity contribution is 6.32. The molecule has 0 saturated carbocycles. The number of nitrogens with zero attached hydrogens (tertiary/aromatic N) is 2. The van der Waals surface area contributed by atoms with Crippen LogP contribution in [0.1, 0.15) is 24.8 Å². The highest BCUT2D eigenvalue weighted by atomic mass is 35.5. The van der Waals surface area contributed by atoms with Crippen molar-refractivity contribution >= 4 is 23.1 Å². The Morgan fingerprint density at radius 2 is 2.00 bits per heavy atom. The van der Waals surface area contributed by atoms with Gasteiger partial charge in [-0.05, 0) is 17.9 Å². The van der Waals surface area contributed by atoms with Crippen molar-refractivity contribution in [2.45, 2.75) is 19.3 Å². The molecular formula is C14H17ClN4. The fourth-order valence-electron chi connectivity index (χ4n) is 1.87. The van der Waals surface area contributed by atoms with Crippen molar-refractivity contribution in [3.8, 4) is 0 Å². The predicted octanol–water partition coefficient (Wildman–Crippen LogP) is 3.32.